The summed E-state index contributed by atoms with van der Waals surface area (Å²) in [5.41, 5.74) is -2.03. The van der Waals surface area contributed by atoms with Crippen LogP contribution >= 0.6 is 0 Å². The van der Waals surface area contributed by atoms with Crippen molar-refractivity contribution in [1.29, 1.82) is 0 Å². The minimum atomic E-state index is -1.68. The van der Waals surface area contributed by atoms with Crippen LogP contribution in [0.15, 0.2) is 24.3 Å². The topological polar surface area (TPSA) is 29.5 Å². The van der Waals surface area contributed by atoms with Gasteiger partial charge in [0.1, 0.15) is 11.4 Å². The van der Waals surface area contributed by atoms with Crippen molar-refractivity contribution in [3.63, 3.8) is 0 Å². The number of hydrogen-bond acceptors (Lipinski definition) is 2. The number of alkyl halides is 1. The van der Waals surface area contributed by atoms with Crippen molar-refractivity contribution >= 4 is 6.09 Å². The van der Waals surface area contributed by atoms with Crippen molar-refractivity contribution < 1.29 is 18.3 Å². The van der Waals surface area contributed by atoms with E-state index in [0.29, 0.717) is 0 Å². The lowest BCUT2D eigenvalue weighted by molar-refractivity contribution is -0.0538. The van der Waals surface area contributed by atoms with E-state index >= 15 is 0 Å². The molecule has 0 atom stereocenters. The van der Waals surface area contributed by atoms with Crippen molar-refractivity contribution in [3.8, 4) is 0 Å². The number of likely N-dealkylation sites (tertiary alicyclic amines) is 1. The number of halogens is 2. The smallest absolute Gasteiger partial charge is 0.410 e. The fraction of sp³-hybridized carbons (Fsp3) is 0.500. The molecule has 2 rings (SSSR count). The second-order valence-electron chi connectivity index (χ2n) is 5.81. The normalized spacial score (nSPS) is 17.8. The average Bonchev–Trinajstić information content (AvgIpc) is 2.22. The first kappa shape index (κ1) is 13.8. The van der Waals surface area contributed by atoms with E-state index in [9.17, 15) is 13.6 Å². The molecule has 1 heterocycles. The summed E-state index contributed by atoms with van der Waals surface area (Å²) in [7, 11) is 0. The van der Waals surface area contributed by atoms with Crippen LogP contribution in [0.25, 0.3) is 0 Å². The molecule has 19 heavy (non-hydrogen) atoms. The largest absolute Gasteiger partial charge is 0.444 e. The highest BCUT2D eigenvalue weighted by Gasteiger charge is 2.48. The lowest BCUT2D eigenvalue weighted by Gasteiger charge is -2.44. The maximum absolute atomic E-state index is 14.4. The van der Waals surface area contributed by atoms with Gasteiger partial charge in [-0.05, 0) is 38.5 Å². The van der Waals surface area contributed by atoms with E-state index in [1.165, 1.54) is 23.1 Å². The van der Waals surface area contributed by atoms with Crippen LogP contribution in [0.3, 0.4) is 0 Å². The molecule has 0 aliphatic carbocycles. The molecular formula is C14H17F2NO2. The van der Waals surface area contributed by atoms with E-state index < -0.39 is 23.2 Å². The van der Waals surface area contributed by atoms with Crippen molar-refractivity contribution in [3.05, 3.63) is 35.6 Å². The van der Waals surface area contributed by atoms with Gasteiger partial charge in [-0.2, -0.15) is 0 Å². The van der Waals surface area contributed by atoms with Gasteiger partial charge in [0.25, 0.3) is 0 Å². The molecule has 3 nitrogen and oxygen atoms in total. The summed E-state index contributed by atoms with van der Waals surface area (Å²) in [5.74, 6) is -0.481. The predicted octanol–water partition coefficient (Wildman–Crippen LogP) is 3.24. The molecule has 5 heteroatoms. The van der Waals surface area contributed by atoms with Crippen LogP contribution in [-0.4, -0.2) is 29.7 Å². The lowest BCUT2D eigenvalue weighted by Crippen LogP contribution is -2.59. The molecule has 1 fully saturated rings. The third kappa shape index (κ3) is 3.03. The Hall–Kier alpha value is -1.65. The summed E-state index contributed by atoms with van der Waals surface area (Å²) in [6.07, 6.45) is -0.544. The molecule has 1 aliphatic rings. The Kier molecular flexibility index (Phi) is 3.24. The van der Waals surface area contributed by atoms with E-state index in [0.717, 1.165) is 6.07 Å². The fourth-order valence-electron chi connectivity index (χ4n) is 1.96. The number of amides is 1. The summed E-state index contributed by atoms with van der Waals surface area (Å²) in [6, 6.07) is 5.40. The molecule has 0 unspecified atom stereocenters. The zero-order chi connectivity index (χ0) is 14.3. The minimum Gasteiger partial charge on any atom is -0.444 e. The number of carbonyl (C=O) groups is 1. The highest BCUT2D eigenvalue weighted by Crippen LogP contribution is 2.36. The van der Waals surface area contributed by atoms with Crippen molar-refractivity contribution in [1.82, 2.24) is 4.90 Å². The summed E-state index contributed by atoms with van der Waals surface area (Å²) < 4.78 is 32.7. The Bertz CT molecular complexity index is 490. The number of rotatable bonds is 1. The molecule has 0 aromatic heterocycles. The second-order valence-corrected chi connectivity index (χ2v) is 5.81. The summed E-state index contributed by atoms with van der Waals surface area (Å²) in [5, 5.41) is 0. The molecule has 1 aromatic carbocycles. The standard InChI is InChI=1S/C14H17F2NO2/c1-13(2,3)19-12(18)17-8-14(16,9-17)10-5-4-6-11(15)7-10/h4-7H,8-9H2,1-3H3. The molecule has 1 aromatic rings. The first-order chi connectivity index (χ1) is 8.70. The highest BCUT2D eigenvalue weighted by atomic mass is 19.1. The van der Waals surface area contributed by atoms with Crippen LogP contribution in [0.5, 0.6) is 0 Å². The van der Waals surface area contributed by atoms with E-state index in [-0.39, 0.29) is 18.7 Å². The Labute approximate surface area is 111 Å². The summed E-state index contributed by atoms with van der Waals surface area (Å²) in [4.78, 5) is 13.0. The first-order valence-corrected chi connectivity index (χ1v) is 6.12. The van der Waals surface area contributed by atoms with Crippen LogP contribution in [0.1, 0.15) is 26.3 Å². The highest BCUT2D eigenvalue weighted by molar-refractivity contribution is 5.70. The molecule has 1 saturated heterocycles. The molecule has 0 radical (unpaired) electrons. The van der Waals surface area contributed by atoms with E-state index in [1.807, 2.05) is 0 Å². The average molecular weight is 269 g/mol. The third-order valence-corrected chi connectivity index (χ3v) is 2.88. The Balaban J connectivity index is 2.00. The maximum Gasteiger partial charge on any atom is 0.410 e. The van der Waals surface area contributed by atoms with Gasteiger partial charge < -0.3 is 9.64 Å². The zero-order valence-electron chi connectivity index (χ0n) is 11.2. The maximum atomic E-state index is 14.4. The molecule has 0 saturated carbocycles. The van der Waals surface area contributed by atoms with Crippen molar-refractivity contribution in [2.24, 2.45) is 0 Å². The quantitative estimate of drug-likeness (QED) is 0.783. The van der Waals surface area contributed by atoms with E-state index in [4.69, 9.17) is 4.74 Å². The van der Waals surface area contributed by atoms with Gasteiger partial charge in [-0.15, -0.1) is 0 Å². The van der Waals surface area contributed by atoms with Crippen molar-refractivity contribution in [2.75, 3.05) is 13.1 Å². The van der Waals surface area contributed by atoms with Gasteiger partial charge in [-0.25, -0.2) is 13.6 Å². The van der Waals surface area contributed by atoms with Crippen LogP contribution < -0.4 is 0 Å². The summed E-state index contributed by atoms with van der Waals surface area (Å²) >= 11 is 0. The molecule has 1 aliphatic heterocycles. The molecule has 0 bridgehead atoms. The van der Waals surface area contributed by atoms with Crippen molar-refractivity contribution in [2.45, 2.75) is 32.0 Å². The predicted molar refractivity (Wildman–Crippen MR) is 67.0 cm³/mol. The minimum absolute atomic E-state index is 0.106. The van der Waals surface area contributed by atoms with Gasteiger partial charge in [0.05, 0.1) is 13.1 Å². The van der Waals surface area contributed by atoms with Crippen LogP contribution in [0, 0.1) is 5.82 Å². The van der Waals surface area contributed by atoms with Gasteiger partial charge in [-0.3, -0.25) is 0 Å². The lowest BCUT2D eigenvalue weighted by atomic mass is 9.88. The van der Waals surface area contributed by atoms with Crippen LogP contribution in [0.2, 0.25) is 0 Å². The third-order valence-electron chi connectivity index (χ3n) is 2.88. The second kappa shape index (κ2) is 4.47. The SMILES string of the molecule is CC(C)(C)OC(=O)N1CC(F)(c2cccc(F)c2)C1. The Morgan fingerprint density at radius 3 is 2.53 bits per heavy atom. The molecule has 0 N–H and O–H groups in total. The number of ether oxygens (including phenoxy) is 1. The van der Waals surface area contributed by atoms with Gasteiger partial charge in [-0.1, -0.05) is 12.1 Å². The van der Waals surface area contributed by atoms with Crippen LogP contribution in [0.4, 0.5) is 13.6 Å². The van der Waals surface area contributed by atoms with Gasteiger partial charge in [0.2, 0.25) is 0 Å². The van der Waals surface area contributed by atoms with Gasteiger partial charge in [0.15, 0.2) is 5.67 Å². The number of benzene rings is 1. The molecule has 0 spiro atoms. The number of hydrogen-bond donors (Lipinski definition) is 0. The Morgan fingerprint density at radius 1 is 1.37 bits per heavy atom. The molecular weight excluding hydrogens is 252 g/mol. The molecule has 1 amide bonds. The molecule has 104 valence electrons. The van der Waals surface area contributed by atoms with E-state index in [2.05, 4.69) is 0 Å². The monoisotopic (exact) mass is 269 g/mol. The number of nitrogens with zero attached hydrogens (tertiary/aromatic N) is 1. The van der Waals surface area contributed by atoms with Crippen LogP contribution in [-0.2, 0) is 10.4 Å². The zero-order valence-corrected chi connectivity index (χ0v) is 11.2. The fourth-order valence-corrected chi connectivity index (χ4v) is 1.96. The Morgan fingerprint density at radius 2 is 2.00 bits per heavy atom. The van der Waals surface area contributed by atoms with Gasteiger partial charge >= 0.3 is 6.09 Å². The van der Waals surface area contributed by atoms with E-state index in [1.54, 1.807) is 20.8 Å². The van der Waals surface area contributed by atoms with Gasteiger partial charge in [0, 0.05) is 0 Å². The first-order valence-electron chi connectivity index (χ1n) is 6.12. The summed E-state index contributed by atoms with van der Waals surface area (Å²) in [6.45, 7) is 5.04. The number of carbonyl (C=O) groups excluding carboxylic acids is 1.